The summed E-state index contributed by atoms with van der Waals surface area (Å²) in [6.07, 6.45) is 10.7. The summed E-state index contributed by atoms with van der Waals surface area (Å²) in [5, 5.41) is 0.194. The Hall–Kier alpha value is -1.11. The minimum absolute atomic E-state index is 0.0504. The minimum Gasteiger partial charge on any atom is -0.335 e. The van der Waals surface area contributed by atoms with Crippen molar-refractivity contribution in [1.82, 2.24) is 9.21 Å². The van der Waals surface area contributed by atoms with Crippen LogP contribution >= 0.6 is 11.6 Å². The standard InChI is InChI=1S/C22H31ClN2O3S/c23-19-12-11-18(16-21(19)29(27,28)24-13-5-1-2-6-14-24)22(26)25-15-7-9-17-8-3-4-10-20(17)25/h11-12,16-17,20H,1-10,13-15H2. The van der Waals surface area contributed by atoms with Gasteiger partial charge in [-0.3, -0.25) is 4.79 Å². The molecule has 0 aromatic heterocycles. The zero-order valence-corrected chi connectivity index (χ0v) is 18.6. The summed E-state index contributed by atoms with van der Waals surface area (Å²) in [6, 6.07) is 5.06. The second-order valence-corrected chi connectivity index (χ2v) is 11.0. The van der Waals surface area contributed by atoms with Crippen molar-refractivity contribution in [3.63, 3.8) is 0 Å². The maximum Gasteiger partial charge on any atom is 0.254 e. The van der Waals surface area contributed by atoms with Gasteiger partial charge in [-0.25, -0.2) is 8.42 Å². The number of sulfonamides is 1. The zero-order valence-electron chi connectivity index (χ0n) is 17.0. The third kappa shape index (κ3) is 4.35. The summed E-state index contributed by atoms with van der Waals surface area (Å²) >= 11 is 6.31. The first-order chi connectivity index (χ1) is 14.0. The molecule has 1 aliphatic carbocycles. The number of piperidine rings is 1. The molecule has 4 rings (SSSR count). The molecule has 0 radical (unpaired) electrons. The Labute approximate surface area is 179 Å². The topological polar surface area (TPSA) is 57.7 Å². The average Bonchev–Trinajstić information content (AvgIpc) is 3.03. The molecule has 3 aliphatic rings. The van der Waals surface area contributed by atoms with Gasteiger partial charge in [0, 0.05) is 31.2 Å². The third-order valence-corrected chi connectivity index (χ3v) is 9.25. The number of benzene rings is 1. The lowest BCUT2D eigenvalue weighted by molar-refractivity contribution is 0.0390. The van der Waals surface area contributed by atoms with E-state index >= 15 is 0 Å². The summed E-state index contributed by atoms with van der Waals surface area (Å²) in [5.41, 5.74) is 0.439. The smallest absolute Gasteiger partial charge is 0.254 e. The van der Waals surface area contributed by atoms with Crippen LogP contribution in [0.4, 0.5) is 0 Å². The van der Waals surface area contributed by atoms with Crippen LogP contribution in [-0.2, 0) is 10.0 Å². The van der Waals surface area contributed by atoms with Crippen molar-refractivity contribution in [3.05, 3.63) is 28.8 Å². The maximum absolute atomic E-state index is 13.4. The Kier molecular flexibility index (Phi) is 6.52. The van der Waals surface area contributed by atoms with Crippen LogP contribution in [0, 0.1) is 5.92 Å². The lowest BCUT2D eigenvalue weighted by Gasteiger charge is -2.44. The molecule has 2 aliphatic heterocycles. The molecule has 2 unspecified atom stereocenters. The number of amides is 1. The van der Waals surface area contributed by atoms with Crippen LogP contribution in [0.5, 0.6) is 0 Å². The van der Waals surface area contributed by atoms with E-state index in [-0.39, 0.29) is 15.8 Å². The number of fused-ring (bicyclic) bond motifs is 1. The van der Waals surface area contributed by atoms with Crippen LogP contribution in [0.2, 0.25) is 5.02 Å². The molecule has 0 spiro atoms. The Morgan fingerprint density at radius 1 is 0.897 bits per heavy atom. The van der Waals surface area contributed by atoms with E-state index in [1.54, 1.807) is 12.1 Å². The lowest BCUT2D eigenvalue weighted by atomic mass is 9.78. The average molecular weight is 439 g/mol. The number of hydrogen-bond donors (Lipinski definition) is 0. The van der Waals surface area contributed by atoms with Gasteiger partial charge in [0.15, 0.2) is 0 Å². The van der Waals surface area contributed by atoms with Gasteiger partial charge >= 0.3 is 0 Å². The van der Waals surface area contributed by atoms with E-state index in [4.69, 9.17) is 11.6 Å². The molecule has 2 saturated heterocycles. The van der Waals surface area contributed by atoms with Gasteiger partial charge in [-0.2, -0.15) is 4.31 Å². The van der Waals surface area contributed by atoms with Crippen molar-refractivity contribution < 1.29 is 13.2 Å². The van der Waals surface area contributed by atoms with Crippen LogP contribution in [0.3, 0.4) is 0 Å². The van der Waals surface area contributed by atoms with Gasteiger partial charge in [-0.1, -0.05) is 37.3 Å². The first-order valence-corrected chi connectivity index (χ1v) is 12.9. The second kappa shape index (κ2) is 8.94. The molecule has 5 nitrogen and oxygen atoms in total. The van der Waals surface area contributed by atoms with Crippen LogP contribution in [0.1, 0.15) is 74.6 Å². The molecule has 1 aromatic carbocycles. The molecule has 7 heteroatoms. The monoisotopic (exact) mass is 438 g/mol. The van der Waals surface area contributed by atoms with Gasteiger partial charge in [0.25, 0.3) is 5.91 Å². The summed E-state index contributed by atoms with van der Waals surface area (Å²) in [6.45, 7) is 1.80. The largest absolute Gasteiger partial charge is 0.335 e. The first kappa shape index (κ1) is 21.1. The number of nitrogens with zero attached hydrogens (tertiary/aromatic N) is 2. The number of carbonyl (C=O) groups is 1. The molecule has 29 heavy (non-hydrogen) atoms. The Morgan fingerprint density at radius 2 is 1.59 bits per heavy atom. The van der Waals surface area contributed by atoms with Crippen LogP contribution < -0.4 is 0 Å². The van der Waals surface area contributed by atoms with Crippen molar-refractivity contribution in [3.8, 4) is 0 Å². The highest BCUT2D eigenvalue weighted by Gasteiger charge is 2.36. The highest BCUT2D eigenvalue weighted by atomic mass is 35.5. The predicted molar refractivity (Wildman–Crippen MR) is 115 cm³/mol. The highest BCUT2D eigenvalue weighted by molar-refractivity contribution is 7.89. The predicted octanol–water partition coefficient (Wildman–Crippen LogP) is 4.70. The van der Waals surface area contributed by atoms with Gasteiger partial charge in [0.05, 0.1) is 5.02 Å². The number of carbonyl (C=O) groups excluding carboxylic acids is 1. The van der Waals surface area contributed by atoms with Crippen LogP contribution in [-0.4, -0.2) is 49.2 Å². The molecule has 1 amide bonds. The summed E-state index contributed by atoms with van der Waals surface area (Å²) in [4.78, 5) is 15.4. The molecule has 0 bridgehead atoms. The normalized spacial score (nSPS) is 26.6. The Morgan fingerprint density at radius 3 is 2.34 bits per heavy atom. The van der Waals surface area contributed by atoms with Crippen molar-refractivity contribution in [2.24, 2.45) is 5.92 Å². The minimum atomic E-state index is -3.70. The van der Waals surface area contributed by atoms with Crippen LogP contribution in [0.15, 0.2) is 23.1 Å². The fourth-order valence-electron chi connectivity index (χ4n) is 5.30. The molecule has 1 saturated carbocycles. The summed E-state index contributed by atoms with van der Waals surface area (Å²) < 4.78 is 28.0. The van der Waals surface area contributed by atoms with Gasteiger partial charge < -0.3 is 4.90 Å². The third-order valence-electron chi connectivity index (χ3n) is 6.87. The molecule has 160 valence electrons. The Bertz CT molecular complexity index is 848. The highest BCUT2D eigenvalue weighted by Crippen LogP contribution is 2.36. The lowest BCUT2D eigenvalue weighted by Crippen LogP contribution is -2.49. The fourth-order valence-corrected chi connectivity index (χ4v) is 7.32. The van der Waals surface area contributed by atoms with E-state index < -0.39 is 10.0 Å². The molecular weight excluding hydrogens is 408 g/mol. The molecule has 1 aromatic rings. The van der Waals surface area contributed by atoms with E-state index in [0.29, 0.717) is 30.6 Å². The quantitative estimate of drug-likeness (QED) is 0.687. The maximum atomic E-state index is 13.4. The van der Waals surface area contributed by atoms with Crippen molar-refractivity contribution in [2.45, 2.75) is 75.1 Å². The van der Waals surface area contributed by atoms with E-state index in [0.717, 1.165) is 45.1 Å². The van der Waals surface area contributed by atoms with Crippen molar-refractivity contribution in [2.75, 3.05) is 19.6 Å². The number of halogens is 1. The van der Waals surface area contributed by atoms with E-state index in [2.05, 4.69) is 0 Å². The van der Waals surface area contributed by atoms with E-state index in [1.165, 1.54) is 36.1 Å². The fraction of sp³-hybridized carbons (Fsp3) is 0.682. The van der Waals surface area contributed by atoms with Crippen molar-refractivity contribution in [1.29, 1.82) is 0 Å². The second-order valence-electron chi connectivity index (χ2n) is 8.72. The number of rotatable bonds is 3. The number of hydrogen-bond acceptors (Lipinski definition) is 3. The van der Waals surface area contributed by atoms with Gasteiger partial charge in [0.2, 0.25) is 10.0 Å². The van der Waals surface area contributed by atoms with E-state index in [9.17, 15) is 13.2 Å². The SMILES string of the molecule is O=C(c1ccc(Cl)c(S(=O)(=O)N2CCCCCC2)c1)N1CCCC2CCCCC21. The zero-order chi connectivity index (χ0) is 20.4. The number of likely N-dealkylation sites (tertiary alicyclic amines) is 1. The van der Waals surface area contributed by atoms with Crippen molar-refractivity contribution >= 4 is 27.5 Å². The Balaban J connectivity index is 1.61. The molecule has 2 atom stereocenters. The first-order valence-electron chi connectivity index (χ1n) is 11.1. The molecule has 2 heterocycles. The van der Waals surface area contributed by atoms with Gasteiger partial charge in [0.1, 0.15) is 4.90 Å². The summed E-state index contributed by atoms with van der Waals surface area (Å²) in [7, 11) is -3.70. The molecule has 0 N–H and O–H groups in total. The molecular formula is C22H31ClN2O3S. The summed E-state index contributed by atoms with van der Waals surface area (Å²) in [5.74, 6) is 0.541. The molecule has 3 fully saturated rings. The van der Waals surface area contributed by atoms with Crippen LogP contribution in [0.25, 0.3) is 0 Å². The van der Waals surface area contributed by atoms with E-state index in [1.807, 2.05) is 4.90 Å². The van der Waals surface area contributed by atoms with Gasteiger partial charge in [-0.15, -0.1) is 0 Å². The van der Waals surface area contributed by atoms with Gasteiger partial charge in [-0.05, 0) is 62.6 Å².